The van der Waals surface area contributed by atoms with E-state index in [1.165, 1.54) is 24.6 Å². The van der Waals surface area contributed by atoms with Gasteiger partial charge in [-0.25, -0.2) is 4.39 Å². The second-order valence-electron chi connectivity index (χ2n) is 8.53. The minimum atomic E-state index is -0.387. The van der Waals surface area contributed by atoms with Crippen LogP contribution >= 0.6 is 0 Å². The van der Waals surface area contributed by atoms with E-state index in [2.05, 4.69) is 15.4 Å². The molecule has 0 unspecified atom stereocenters. The molecular weight excluding hydrogens is 449 g/mol. The van der Waals surface area contributed by atoms with Crippen molar-refractivity contribution < 1.29 is 23.2 Å². The Balaban J connectivity index is 1.43. The molecule has 0 saturated carbocycles. The van der Waals surface area contributed by atoms with E-state index in [1.807, 2.05) is 19.9 Å². The van der Waals surface area contributed by atoms with Gasteiger partial charge < -0.3 is 24.2 Å². The molecule has 1 aliphatic rings. The third kappa shape index (κ3) is 6.01. The second kappa shape index (κ2) is 11.1. The number of ether oxygens (including phenoxy) is 2. The number of amides is 1. The van der Waals surface area contributed by atoms with Crippen molar-refractivity contribution in [3.8, 4) is 11.5 Å². The Morgan fingerprint density at radius 1 is 1.14 bits per heavy atom. The van der Waals surface area contributed by atoms with Crippen molar-refractivity contribution in [2.75, 3.05) is 30.4 Å². The third-order valence-electron chi connectivity index (χ3n) is 6.08. The van der Waals surface area contributed by atoms with E-state index in [0.29, 0.717) is 29.6 Å². The molecule has 1 amide bonds. The molecule has 2 aromatic carbocycles. The number of hydrogen-bond donors (Lipinski definition) is 1. The van der Waals surface area contributed by atoms with E-state index >= 15 is 0 Å². The Morgan fingerprint density at radius 3 is 2.66 bits per heavy atom. The number of carbonyl (C=O) groups excluding carboxylic acids is 1. The average molecular weight is 480 g/mol. The summed E-state index contributed by atoms with van der Waals surface area (Å²) < 4.78 is 30.5. The topological polar surface area (TPSA) is 76.8 Å². The molecule has 184 valence electrons. The lowest BCUT2D eigenvalue weighted by molar-refractivity contribution is -0.111. The Hall–Kier alpha value is -3.81. The van der Waals surface area contributed by atoms with Gasteiger partial charge >= 0.3 is 0 Å². The minimum absolute atomic E-state index is 0.308. The first kappa shape index (κ1) is 24.3. The van der Waals surface area contributed by atoms with Crippen molar-refractivity contribution in [2.45, 2.75) is 39.7 Å². The molecule has 3 aromatic rings. The summed E-state index contributed by atoms with van der Waals surface area (Å²) in [6.45, 7) is 5.81. The van der Waals surface area contributed by atoms with Crippen LogP contribution in [-0.2, 0) is 11.4 Å². The van der Waals surface area contributed by atoms with E-state index in [0.717, 1.165) is 48.4 Å². The van der Waals surface area contributed by atoms with Gasteiger partial charge in [-0.15, -0.1) is 0 Å². The summed E-state index contributed by atoms with van der Waals surface area (Å²) in [6, 6.07) is 9.92. The minimum Gasteiger partial charge on any atom is -0.493 e. The van der Waals surface area contributed by atoms with Crippen LogP contribution in [0.15, 0.2) is 47.0 Å². The summed E-state index contributed by atoms with van der Waals surface area (Å²) in [5.74, 6) is 1.10. The summed E-state index contributed by atoms with van der Waals surface area (Å²) in [4.78, 5) is 14.8. The number of halogens is 1. The molecule has 0 spiro atoms. The normalized spacial score (nSPS) is 13.8. The number of hydrogen-bond acceptors (Lipinski definition) is 6. The molecule has 7 nitrogen and oxygen atoms in total. The second-order valence-corrected chi connectivity index (χ2v) is 8.53. The zero-order valence-electron chi connectivity index (χ0n) is 20.3. The first-order chi connectivity index (χ1) is 16.9. The number of benzene rings is 2. The molecule has 1 aromatic heterocycles. The number of nitrogens with one attached hydrogen (secondary N) is 1. The highest BCUT2D eigenvalue weighted by molar-refractivity contribution is 6.03. The maximum absolute atomic E-state index is 13.9. The summed E-state index contributed by atoms with van der Waals surface area (Å²) in [6.07, 6.45) is 6.46. The Morgan fingerprint density at radius 2 is 1.94 bits per heavy atom. The average Bonchev–Trinajstić information content (AvgIpc) is 3.19. The van der Waals surface area contributed by atoms with Crippen LogP contribution in [0.4, 0.5) is 15.8 Å². The summed E-state index contributed by atoms with van der Waals surface area (Å²) in [7, 11) is 1.56. The van der Waals surface area contributed by atoms with Gasteiger partial charge in [0, 0.05) is 19.2 Å². The fourth-order valence-corrected chi connectivity index (χ4v) is 4.13. The van der Waals surface area contributed by atoms with Gasteiger partial charge in [0.2, 0.25) is 5.91 Å². The van der Waals surface area contributed by atoms with E-state index in [-0.39, 0.29) is 11.7 Å². The van der Waals surface area contributed by atoms with Crippen LogP contribution in [0.2, 0.25) is 0 Å². The lowest BCUT2D eigenvalue weighted by atomic mass is 10.1. The van der Waals surface area contributed by atoms with Crippen molar-refractivity contribution >= 4 is 23.4 Å². The molecular formula is C27H30FN3O4. The number of nitrogens with zero attached hydrogens (tertiary/aromatic N) is 2. The molecule has 1 aliphatic heterocycles. The monoisotopic (exact) mass is 479 g/mol. The zero-order chi connectivity index (χ0) is 24.8. The van der Waals surface area contributed by atoms with Gasteiger partial charge in [-0.05, 0) is 75.1 Å². The van der Waals surface area contributed by atoms with Gasteiger partial charge in [-0.2, -0.15) is 0 Å². The first-order valence-corrected chi connectivity index (χ1v) is 11.7. The highest BCUT2D eigenvalue weighted by atomic mass is 19.1. The molecule has 4 rings (SSSR count). The van der Waals surface area contributed by atoms with Crippen LogP contribution in [0.3, 0.4) is 0 Å². The number of anilines is 2. The Labute approximate surface area is 204 Å². The van der Waals surface area contributed by atoms with E-state index in [4.69, 9.17) is 14.0 Å². The fraction of sp³-hybridized carbons (Fsp3) is 0.333. The van der Waals surface area contributed by atoms with Crippen LogP contribution in [-0.4, -0.2) is 31.3 Å². The maximum atomic E-state index is 13.9. The standard InChI is InChI=1S/C27H30FN3O4/c1-18-22(19(2)35-30-18)17-34-25-11-7-20(15-26(25)33-3)8-12-27(32)29-23-16-21(28)9-10-24(23)31-13-5-4-6-14-31/h7-12,15-16H,4-6,13-14,17H2,1-3H3,(H,29,32)/b12-8+. The Kier molecular flexibility index (Phi) is 7.70. The summed E-state index contributed by atoms with van der Waals surface area (Å²) in [5, 5.41) is 6.76. The largest absolute Gasteiger partial charge is 0.493 e. The van der Waals surface area contributed by atoms with Gasteiger partial charge in [-0.1, -0.05) is 11.2 Å². The predicted octanol–water partition coefficient (Wildman–Crippen LogP) is 5.66. The molecule has 35 heavy (non-hydrogen) atoms. The summed E-state index contributed by atoms with van der Waals surface area (Å²) in [5.41, 5.74) is 3.76. The van der Waals surface area contributed by atoms with Crippen LogP contribution in [0, 0.1) is 19.7 Å². The van der Waals surface area contributed by atoms with Crippen LogP contribution in [0.25, 0.3) is 6.08 Å². The fourth-order valence-electron chi connectivity index (χ4n) is 4.13. The highest BCUT2D eigenvalue weighted by Gasteiger charge is 2.16. The molecule has 1 N–H and O–H groups in total. The maximum Gasteiger partial charge on any atom is 0.248 e. The molecule has 8 heteroatoms. The van der Waals surface area contributed by atoms with Gasteiger partial charge in [0.25, 0.3) is 0 Å². The van der Waals surface area contributed by atoms with Gasteiger partial charge in [0.15, 0.2) is 11.5 Å². The third-order valence-corrected chi connectivity index (χ3v) is 6.08. The van der Waals surface area contributed by atoms with E-state index in [1.54, 1.807) is 31.4 Å². The predicted molar refractivity (Wildman–Crippen MR) is 133 cm³/mol. The van der Waals surface area contributed by atoms with Crippen molar-refractivity contribution in [3.05, 3.63) is 70.9 Å². The smallest absolute Gasteiger partial charge is 0.248 e. The first-order valence-electron chi connectivity index (χ1n) is 11.7. The number of aryl methyl sites for hydroxylation is 2. The highest BCUT2D eigenvalue weighted by Crippen LogP contribution is 2.31. The quantitative estimate of drug-likeness (QED) is 0.420. The number of piperidine rings is 1. The number of rotatable bonds is 8. The SMILES string of the molecule is COc1cc(/C=C/C(=O)Nc2cc(F)ccc2N2CCCCC2)ccc1OCc1c(C)noc1C. The Bertz CT molecular complexity index is 1200. The van der Waals surface area contributed by atoms with Crippen LogP contribution < -0.4 is 19.7 Å². The molecule has 0 atom stereocenters. The van der Waals surface area contributed by atoms with E-state index < -0.39 is 0 Å². The molecule has 1 saturated heterocycles. The molecule has 0 radical (unpaired) electrons. The van der Waals surface area contributed by atoms with Gasteiger partial charge in [-0.3, -0.25) is 4.79 Å². The molecule has 2 heterocycles. The van der Waals surface area contributed by atoms with E-state index in [9.17, 15) is 9.18 Å². The molecule has 0 bridgehead atoms. The summed E-state index contributed by atoms with van der Waals surface area (Å²) >= 11 is 0. The van der Waals surface area contributed by atoms with Gasteiger partial charge in [0.1, 0.15) is 18.2 Å². The van der Waals surface area contributed by atoms with Crippen LogP contribution in [0.1, 0.15) is 41.8 Å². The number of methoxy groups -OCH3 is 1. The van der Waals surface area contributed by atoms with Crippen molar-refractivity contribution in [2.24, 2.45) is 0 Å². The lowest BCUT2D eigenvalue weighted by Gasteiger charge is -2.30. The molecule has 0 aliphatic carbocycles. The zero-order valence-corrected chi connectivity index (χ0v) is 20.3. The van der Waals surface area contributed by atoms with Crippen molar-refractivity contribution in [3.63, 3.8) is 0 Å². The van der Waals surface area contributed by atoms with Crippen molar-refractivity contribution in [1.82, 2.24) is 5.16 Å². The molecule has 1 fully saturated rings. The van der Waals surface area contributed by atoms with Crippen molar-refractivity contribution in [1.29, 1.82) is 0 Å². The number of carbonyl (C=O) groups is 1. The lowest BCUT2D eigenvalue weighted by Crippen LogP contribution is -2.30. The van der Waals surface area contributed by atoms with Gasteiger partial charge in [0.05, 0.1) is 29.7 Å². The van der Waals surface area contributed by atoms with Crippen LogP contribution in [0.5, 0.6) is 11.5 Å². The number of aromatic nitrogens is 1.